The summed E-state index contributed by atoms with van der Waals surface area (Å²) in [6, 6.07) is 6.42. The summed E-state index contributed by atoms with van der Waals surface area (Å²) in [5, 5.41) is 20.1. The molecule has 0 saturated carbocycles. The van der Waals surface area contributed by atoms with Crippen LogP contribution in [0, 0.1) is 16.0 Å². The van der Waals surface area contributed by atoms with Crippen molar-refractivity contribution in [1.82, 2.24) is 4.90 Å². The molecule has 1 saturated heterocycles. The minimum atomic E-state index is -0.866. The lowest BCUT2D eigenvalue weighted by molar-refractivity contribution is -0.385. The molecule has 1 aliphatic heterocycles. The van der Waals surface area contributed by atoms with Crippen LogP contribution in [0.1, 0.15) is 5.56 Å². The third-order valence-corrected chi connectivity index (χ3v) is 3.86. The standard InChI is InChI=1S/C14H18N2O5/c1-15(13-9-21-8-11(13)14(17)18)7-6-10-4-2-3-5-12(10)16(19)20/h2-5,11,13H,6-9H2,1H3,(H,17,18). The maximum atomic E-state index is 11.1. The number of carboxylic acid groups (broad SMARTS) is 1. The van der Waals surface area contributed by atoms with Gasteiger partial charge in [0.1, 0.15) is 0 Å². The Bertz CT molecular complexity index is 534. The fraction of sp³-hybridized carbons (Fsp3) is 0.500. The van der Waals surface area contributed by atoms with E-state index in [-0.39, 0.29) is 18.3 Å². The van der Waals surface area contributed by atoms with Crippen LogP contribution in [-0.2, 0) is 16.0 Å². The Kier molecular flexibility index (Phi) is 4.87. The van der Waals surface area contributed by atoms with Gasteiger partial charge in [-0.1, -0.05) is 18.2 Å². The highest BCUT2D eigenvalue weighted by atomic mass is 16.6. The number of nitro groups is 1. The van der Waals surface area contributed by atoms with Crippen molar-refractivity contribution >= 4 is 11.7 Å². The zero-order valence-electron chi connectivity index (χ0n) is 11.8. The number of ether oxygens (including phenoxy) is 1. The van der Waals surface area contributed by atoms with Gasteiger partial charge in [-0.3, -0.25) is 19.8 Å². The zero-order valence-corrected chi connectivity index (χ0v) is 11.8. The summed E-state index contributed by atoms with van der Waals surface area (Å²) in [6.45, 7) is 1.14. The molecule has 7 heteroatoms. The molecule has 0 bridgehead atoms. The average Bonchev–Trinajstić information content (AvgIpc) is 2.94. The molecule has 0 amide bonds. The van der Waals surface area contributed by atoms with E-state index in [4.69, 9.17) is 9.84 Å². The van der Waals surface area contributed by atoms with Gasteiger partial charge in [0, 0.05) is 24.2 Å². The molecule has 1 aromatic rings. The molecule has 7 nitrogen and oxygen atoms in total. The number of carbonyl (C=O) groups is 1. The average molecular weight is 294 g/mol. The molecular weight excluding hydrogens is 276 g/mol. The summed E-state index contributed by atoms with van der Waals surface area (Å²) in [5.74, 6) is -1.41. The molecule has 114 valence electrons. The van der Waals surface area contributed by atoms with Crippen LogP contribution in [0.25, 0.3) is 0 Å². The number of nitrogens with zero attached hydrogens (tertiary/aromatic N) is 2. The summed E-state index contributed by atoms with van der Waals surface area (Å²) in [7, 11) is 1.82. The number of rotatable bonds is 6. The molecule has 1 aliphatic rings. The van der Waals surface area contributed by atoms with Crippen LogP contribution in [-0.4, -0.2) is 53.7 Å². The number of para-hydroxylation sites is 1. The molecule has 2 atom stereocenters. The van der Waals surface area contributed by atoms with E-state index in [9.17, 15) is 14.9 Å². The van der Waals surface area contributed by atoms with Gasteiger partial charge in [-0.2, -0.15) is 0 Å². The van der Waals surface area contributed by atoms with E-state index >= 15 is 0 Å². The fourth-order valence-corrected chi connectivity index (χ4v) is 2.58. The third kappa shape index (κ3) is 3.56. The molecule has 1 aromatic carbocycles. The van der Waals surface area contributed by atoms with Crippen LogP contribution >= 0.6 is 0 Å². The Morgan fingerprint density at radius 3 is 2.86 bits per heavy atom. The minimum absolute atomic E-state index is 0.100. The van der Waals surface area contributed by atoms with Crippen molar-refractivity contribution in [3.05, 3.63) is 39.9 Å². The predicted octanol–water partition coefficient (Wildman–Crippen LogP) is 1.17. The van der Waals surface area contributed by atoms with Gasteiger partial charge in [0.05, 0.1) is 24.1 Å². The van der Waals surface area contributed by atoms with Gasteiger partial charge in [0.2, 0.25) is 0 Å². The molecule has 2 rings (SSSR count). The highest BCUT2D eigenvalue weighted by molar-refractivity contribution is 5.71. The molecule has 0 spiro atoms. The number of hydrogen-bond donors (Lipinski definition) is 1. The lowest BCUT2D eigenvalue weighted by Crippen LogP contribution is -2.41. The smallest absolute Gasteiger partial charge is 0.310 e. The number of hydrogen-bond acceptors (Lipinski definition) is 5. The van der Waals surface area contributed by atoms with Crippen LogP contribution < -0.4 is 0 Å². The van der Waals surface area contributed by atoms with Crippen molar-refractivity contribution in [1.29, 1.82) is 0 Å². The van der Waals surface area contributed by atoms with E-state index in [2.05, 4.69) is 0 Å². The summed E-state index contributed by atoms with van der Waals surface area (Å²) in [6.07, 6.45) is 0.497. The molecule has 21 heavy (non-hydrogen) atoms. The first-order chi connectivity index (χ1) is 10.0. The summed E-state index contributed by atoms with van der Waals surface area (Å²) in [5.41, 5.74) is 0.753. The van der Waals surface area contributed by atoms with Gasteiger partial charge in [0.15, 0.2) is 0 Å². The first kappa shape index (κ1) is 15.4. The van der Waals surface area contributed by atoms with Gasteiger partial charge in [-0.15, -0.1) is 0 Å². The van der Waals surface area contributed by atoms with Crippen LogP contribution in [0.3, 0.4) is 0 Å². The number of nitro benzene ring substituents is 1. The maximum Gasteiger partial charge on any atom is 0.310 e. The highest BCUT2D eigenvalue weighted by Gasteiger charge is 2.36. The summed E-state index contributed by atoms with van der Waals surface area (Å²) in [4.78, 5) is 23.6. The number of benzene rings is 1. The van der Waals surface area contributed by atoms with Gasteiger partial charge in [0.25, 0.3) is 5.69 Å². The lowest BCUT2D eigenvalue weighted by Gasteiger charge is -2.25. The Hall–Kier alpha value is -1.99. The van der Waals surface area contributed by atoms with E-state index < -0.39 is 16.8 Å². The summed E-state index contributed by atoms with van der Waals surface area (Å²) >= 11 is 0. The highest BCUT2D eigenvalue weighted by Crippen LogP contribution is 2.21. The first-order valence-corrected chi connectivity index (χ1v) is 6.73. The van der Waals surface area contributed by atoms with E-state index in [1.807, 2.05) is 11.9 Å². The van der Waals surface area contributed by atoms with Crippen molar-refractivity contribution < 1.29 is 19.6 Å². The van der Waals surface area contributed by atoms with Crippen molar-refractivity contribution in [2.45, 2.75) is 12.5 Å². The molecule has 0 aliphatic carbocycles. The van der Waals surface area contributed by atoms with E-state index in [0.717, 1.165) is 0 Å². The number of carboxylic acids is 1. The Morgan fingerprint density at radius 2 is 2.19 bits per heavy atom. The Balaban J connectivity index is 2.00. The van der Waals surface area contributed by atoms with Gasteiger partial charge in [-0.25, -0.2) is 0 Å². The predicted molar refractivity (Wildman–Crippen MR) is 75.2 cm³/mol. The maximum absolute atomic E-state index is 11.1. The molecule has 1 N–H and O–H groups in total. The quantitative estimate of drug-likeness (QED) is 0.625. The second-order valence-corrected chi connectivity index (χ2v) is 5.17. The Labute approximate surface area is 122 Å². The SMILES string of the molecule is CN(CCc1ccccc1[N+](=O)[O-])C1COCC1C(=O)O. The van der Waals surface area contributed by atoms with E-state index in [1.54, 1.807) is 18.2 Å². The number of likely N-dealkylation sites (N-methyl/N-ethyl adjacent to an activating group) is 1. The monoisotopic (exact) mass is 294 g/mol. The second-order valence-electron chi connectivity index (χ2n) is 5.17. The van der Waals surface area contributed by atoms with E-state index in [0.29, 0.717) is 25.1 Å². The molecule has 2 unspecified atom stereocenters. The summed E-state index contributed by atoms with van der Waals surface area (Å²) < 4.78 is 5.24. The lowest BCUT2D eigenvalue weighted by atomic mass is 10.0. The first-order valence-electron chi connectivity index (χ1n) is 6.73. The fourth-order valence-electron chi connectivity index (χ4n) is 2.58. The van der Waals surface area contributed by atoms with Gasteiger partial charge in [-0.05, 0) is 13.5 Å². The second kappa shape index (κ2) is 6.64. The van der Waals surface area contributed by atoms with Crippen molar-refractivity contribution in [2.75, 3.05) is 26.8 Å². The van der Waals surface area contributed by atoms with Gasteiger partial charge >= 0.3 is 5.97 Å². The van der Waals surface area contributed by atoms with E-state index in [1.165, 1.54) is 6.07 Å². The topological polar surface area (TPSA) is 92.9 Å². The van der Waals surface area contributed by atoms with Crippen molar-refractivity contribution in [3.8, 4) is 0 Å². The van der Waals surface area contributed by atoms with Crippen LogP contribution in [0.5, 0.6) is 0 Å². The molecule has 0 aromatic heterocycles. The van der Waals surface area contributed by atoms with Crippen LogP contribution in [0.2, 0.25) is 0 Å². The molecule has 1 heterocycles. The molecule has 0 radical (unpaired) electrons. The van der Waals surface area contributed by atoms with Crippen molar-refractivity contribution in [2.24, 2.45) is 5.92 Å². The normalized spacial score (nSPS) is 21.6. The molecule has 1 fully saturated rings. The number of aliphatic carboxylic acids is 1. The third-order valence-electron chi connectivity index (χ3n) is 3.86. The van der Waals surface area contributed by atoms with Crippen LogP contribution in [0.4, 0.5) is 5.69 Å². The van der Waals surface area contributed by atoms with Gasteiger partial charge < -0.3 is 9.84 Å². The van der Waals surface area contributed by atoms with Crippen molar-refractivity contribution in [3.63, 3.8) is 0 Å². The molecular formula is C14H18N2O5. The Morgan fingerprint density at radius 1 is 1.48 bits per heavy atom. The largest absolute Gasteiger partial charge is 0.481 e. The van der Waals surface area contributed by atoms with Crippen LogP contribution in [0.15, 0.2) is 24.3 Å². The zero-order chi connectivity index (χ0) is 15.4. The minimum Gasteiger partial charge on any atom is -0.481 e.